The second kappa shape index (κ2) is 11.0. The maximum atomic E-state index is 14.0. The molecule has 0 saturated carbocycles. The smallest absolute Gasteiger partial charge is 0.155 e. The van der Waals surface area contributed by atoms with Crippen molar-refractivity contribution >= 4 is 66.7 Å². The molecule has 2 aliphatic rings. The lowest BCUT2D eigenvalue weighted by molar-refractivity contribution is 0.446. The van der Waals surface area contributed by atoms with Gasteiger partial charge in [0.25, 0.3) is 0 Å². The topological polar surface area (TPSA) is 29.9 Å². The molecule has 246 valence electrons. The Morgan fingerprint density at radius 2 is 1.08 bits per heavy atom. The number of nitrogens with zero attached hydrogens (tertiary/aromatic N) is 3. The van der Waals surface area contributed by atoms with Crippen molar-refractivity contribution in [1.82, 2.24) is 4.57 Å². The predicted molar refractivity (Wildman–Crippen MR) is 208 cm³/mol. The molecule has 0 spiro atoms. The lowest BCUT2D eigenvalue weighted by atomic mass is 10.1. The summed E-state index contributed by atoms with van der Waals surface area (Å²) in [6.07, 6.45) is 0. The van der Waals surface area contributed by atoms with Crippen molar-refractivity contribution in [2.45, 2.75) is 0 Å². The Labute approximate surface area is 298 Å². The average molecular weight is 674 g/mol. The second-order valence-corrected chi connectivity index (χ2v) is 13.2. The molecule has 0 atom stereocenters. The number of hydrogen-bond acceptors (Lipinski definition) is 4. The first-order valence-corrected chi connectivity index (χ1v) is 17.3. The highest BCUT2D eigenvalue weighted by atomic mass is 19.1. The van der Waals surface area contributed by atoms with Gasteiger partial charge in [-0.25, -0.2) is 4.39 Å². The Morgan fingerprint density at radius 1 is 0.442 bits per heavy atom. The number of fused-ring (bicyclic) bond motifs is 8. The number of halogens is 1. The molecule has 11 rings (SSSR count). The van der Waals surface area contributed by atoms with E-state index in [9.17, 15) is 4.39 Å². The molecule has 1 aromatic heterocycles. The standard InChI is InChI=1S/C46H28FN3O2/c47-31-17-20-32(21-18-31)49-38-11-4-3-10-36(38)37-27-34(22-24-39(37)49)48(33-19-16-29-8-1-2-9-30(29)26-33)35-23-25-41-45(28-35)52-44-15-7-14-43-46(44)50(41)40-12-5-6-13-42(40)51-43/h1-28H. The number of rotatable bonds is 4. The van der Waals surface area contributed by atoms with Crippen LogP contribution in [0.25, 0.3) is 38.3 Å². The van der Waals surface area contributed by atoms with Crippen LogP contribution < -0.4 is 19.3 Å². The van der Waals surface area contributed by atoms with Gasteiger partial charge in [-0.15, -0.1) is 0 Å². The van der Waals surface area contributed by atoms with E-state index in [1.54, 1.807) is 0 Å². The van der Waals surface area contributed by atoms with Crippen LogP contribution in [0.15, 0.2) is 170 Å². The van der Waals surface area contributed by atoms with Crippen LogP contribution in [0.5, 0.6) is 23.0 Å². The molecule has 0 N–H and O–H groups in total. The molecule has 8 aromatic carbocycles. The Balaban J connectivity index is 1.12. The Kier molecular flexibility index (Phi) is 6.07. The summed E-state index contributed by atoms with van der Waals surface area (Å²) in [7, 11) is 0. The minimum atomic E-state index is -0.256. The molecular formula is C46H28FN3O2. The van der Waals surface area contributed by atoms with Gasteiger partial charge in [0.15, 0.2) is 23.0 Å². The summed E-state index contributed by atoms with van der Waals surface area (Å²) in [5.41, 5.74) is 8.80. The van der Waals surface area contributed by atoms with E-state index < -0.39 is 0 Å². The minimum absolute atomic E-state index is 0.256. The Morgan fingerprint density at radius 3 is 1.96 bits per heavy atom. The van der Waals surface area contributed by atoms with Gasteiger partial charge in [0.05, 0.1) is 22.4 Å². The Bertz CT molecular complexity index is 2900. The van der Waals surface area contributed by atoms with E-state index in [1.807, 2.05) is 54.6 Å². The molecule has 0 fully saturated rings. The molecule has 6 heteroatoms. The molecule has 2 aliphatic heterocycles. The number of ether oxygens (including phenoxy) is 2. The fourth-order valence-electron chi connectivity index (χ4n) is 7.86. The van der Waals surface area contributed by atoms with Crippen LogP contribution in [0.1, 0.15) is 0 Å². The van der Waals surface area contributed by atoms with Gasteiger partial charge in [-0.05, 0) is 108 Å². The van der Waals surface area contributed by atoms with Crippen LogP contribution in [0.2, 0.25) is 0 Å². The zero-order valence-corrected chi connectivity index (χ0v) is 27.7. The summed E-state index contributed by atoms with van der Waals surface area (Å²) < 4.78 is 29.2. The van der Waals surface area contributed by atoms with Gasteiger partial charge in [-0.3, -0.25) is 4.90 Å². The quantitative estimate of drug-likeness (QED) is 0.186. The van der Waals surface area contributed by atoms with Crippen LogP contribution in [0, 0.1) is 5.82 Å². The van der Waals surface area contributed by atoms with Gasteiger partial charge < -0.3 is 18.9 Å². The van der Waals surface area contributed by atoms with E-state index in [2.05, 4.69) is 117 Å². The highest BCUT2D eigenvalue weighted by Crippen LogP contribution is 2.60. The minimum Gasteiger partial charge on any atom is -0.453 e. The zero-order chi connectivity index (χ0) is 34.3. The molecule has 52 heavy (non-hydrogen) atoms. The van der Waals surface area contributed by atoms with Gasteiger partial charge in [0, 0.05) is 39.6 Å². The largest absolute Gasteiger partial charge is 0.453 e. The molecule has 0 bridgehead atoms. The highest BCUT2D eigenvalue weighted by Gasteiger charge is 2.34. The number of anilines is 6. The van der Waals surface area contributed by atoms with Crippen molar-refractivity contribution < 1.29 is 13.9 Å². The molecule has 0 unspecified atom stereocenters. The molecule has 0 amide bonds. The van der Waals surface area contributed by atoms with Crippen LogP contribution in [-0.4, -0.2) is 4.57 Å². The van der Waals surface area contributed by atoms with Crippen molar-refractivity contribution in [2.24, 2.45) is 0 Å². The summed E-state index contributed by atoms with van der Waals surface area (Å²) in [6, 6.07) is 57.1. The summed E-state index contributed by atoms with van der Waals surface area (Å²) in [4.78, 5) is 4.53. The average Bonchev–Trinajstić information content (AvgIpc) is 3.52. The maximum Gasteiger partial charge on any atom is 0.155 e. The van der Waals surface area contributed by atoms with Crippen LogP contribution >= 0.6 is 0 Å². The van der Waals surface area contributed by atoms with Crippen molar-refractivity contribution in [3.8, 4) is 28.7 Å². The first kappa shape index (κ1) is 28.8. The maximum absolute atomic E-state index is 14.0. The van der Waals surface area contributed by atoms with E-state index >= 15 is 0 Å². The van der Waals surface area contributed by atoms with Crippen LogP contribution in [-0.2, 0) is 0 Å². The molecule has 0 radical (unpaired) electrons. The summed E-state index contributed by atoms with van der Waals surface area (Å²) in [5, 5.41) is 4.55. The number of benzene rings is 8. The van der Waals surface area contributed by atoms with Crippen LogP contribution in [0.4, 0.5) is 38.5 Å². The van der Waals surface area contributed by atoms with Gasteiger partial charge >= 0.3 is 0 Å². The van der Waals surface area contributed by atoms with Crippen molar-refractivity contribution in [3.63, 3.8) is 0 Å². The molecule has 0 aliphatic carbocycles. The summed E-state index contributed by atoms with van der Waals surface area (Å²) in [5.74, 6) is 2.79. The molecule has 0 saturated heterocycles. The first-order chi connectivity index (χ1) is 25.7. The van der Waals surface area contributed by atoms with E-state index in [-0.39, 0.29) is 5.82 Å². The second-order valence-electron chi connectivity index (χ2n) is 13.2. The number of para-hydroxylation sites is 4. The molecule has 3 heterocycles. The monoisotopic (exact) mass is 673 g/mol. The zero-order valence-electron chi connectivity index (χ0n) is 27.7. The van der Waals surface area contributed by atoms with E-state index in [1.165, 1.54) is 17.5 Å². The van der Waals surface area contributed by atoms with Gasteiger partial charge in [-0.2, -0.15) is 0 Å². The van der Waals surface area contributed by atoms with E-state index in [0.717, 1.165) is 90.0 Å². The third-order valence-corrected chi connectivity index (χ3v) is 10.2. The normalized spacial score (nSPS) is 12.6. The van der Waals surface area contributed by atoms with Gasteiger partial charge in [0.1, 0.15) is 11.5 Å². The highest BCUT2D eigenvalue weighted by molar-refractivity contribution is 6.11. The summed E-state index contributed by atoms with van der Waals surface area (Å²) in [6.45, 7) is 0. The van der Waals surface area contributed by atoms with Crippen molar-refractivity contribution in [2.75, 3.05) is 9.80 Å². The lowest BCUT2D eigenvalue weighted by Gasteiger charge is -2.38. The fraction of sp³-hybridized carbons (Fsp3) is 0. The van der Waals surface area contributed by atoms with Gasteiger partial charge in [0.2, 0.25) is 0 Å². The van der Waals surface area contributed by atoms with Crippen molar-refractivity contribution in [3.05, 3.63) is 176 Å². The first-order valence-electron chi connectivity index (χ1n) is 17.3. The Hall–Kier alpha value is -7.05. The van der Waals surface area contributed by atoms with Crippen molar-refractivity contribution in [1.29, 1.82) is 0 Å². The molecule has 9 aromatic rings. The number of hydrogen-bond donors (Lipinski definition) is 0. The van der Waals surface area contributed by atoms with Crippen LogP contribution in [0.3, 0.4) is 0 Å². The fourth-order valence-corrected chi connectivity index (χ4v) is 7.86. The SMILES string of the molecule is Fc1ccc(-n2c3ccccc3c3cc(N(c4ccc5c(c4)Oc4cccc6c4N5c4ccccc4O6)c4ccc5ccccc5c4)ccc32)cc1. The third-order valence-electron chi connectivity index (χ3n) is 10.2. The number of aromatic nitrogens is 1. The molecular weight excluding hydrogens is 646 g/mol. The van der Waals surface area contributed by atoms with Gasteiger partial charge in [-0.1, -0.05) is 66.7 Å². The van der Waals surface area contributed by atoms with E-state index in [0.29, 0.717) is 0 Å². The third kappa shape index (κ3) is 4.28. The predicted octanol–water partition coefficient (Wildman–Crippen LogP) is 13.2. The lowest BCUT2D eigenvalue weighted by Crippen LogP contribution is -2.20. The summed E-state index contributed by atoms with van der Waals surface area (Å²) >= 11 is 0. The molecule has 5 nitrogen and oxygen atoms in total. The van der Waals surface area contributed by atoms with E-state index in [4.69, 9.17) is 9.47 Å².